The molecule has 2 aliphatic carbocycles. The molecule has 2 heteroatoms. The van der Waals surface area contributed by atoms with Gasteiger partial charge in [0.25, 0.3) is 0 Å². The van der Waals surface area contributed by atoms with E-state index in [1.807, 2.05) is 0 Å². The van der Waals surface area contributed by atoms with Crippen LogP contribution in [0, 0.1) is 5.92 Å². The summed E-state index contributed by atoms with van der Waals surface area (Å²) in [5.41, 5.74) is 25.0. The van der Waals surface area contributed by atoms with Crippen LogP contribution in [0.2, 0.25) is 0 Å². The standard InChI is InChI=1S/C76H68N2/c1-49-43-65-58-30-13-18-36-66(58)76(8,9)67(65)48-64(49)61-33-17-22-40-71(61)78(68-37-19-14-29-56(68)51-41-42-62-59-31-15-20-38-69(59)77(72(62)46-51)55-27-11-10-12-28-55)70-39-21-16-32-60(70)63-35-24-26-50-25-23-34-57(73(50)63)52-44-53(74(2,3)4)47-54(45-52)75(5,6)7/h10-42,44-49H,43H2,1-9H3. The molecule has 2 aliphatic rings. The smallest absolute Gasteiger partial charge is 0.0547 e. The maximum absolute atomic E-state index is 2.60. The van der Waals surface area contributed by atoms with Gasteiger partial charge in [-0.15, -0.1) is 0 Å². The predicted molar refractivity (Wildman–Crippen MR) is 335 cm³/mol. The van der Waals surface area contributed by atoms with Crippen LogP contribution in [0.5, 0.6) is 0 Å². The lowest BCUT2D eigenvalue weighted by atomic mass is 9.75. The molecule has 10 aromatic carbocycles. The minimum atomic E-state index is -0.113. The maximum atomic E-state index is 2.60. The largest absolute Gasteiger partial charge is 0.309 e. The number of benzene rings is 10. The summed E-state index contributed by atoms with van der Waals surface area (Å²) in [5, 5.41) is 4.96. The summed E-state index contributed by atoms with van der Waals surface area (Å²) in [5.74, 6) is 0.281. The van der Waals surface area contributed by atoms with E-state index in [2.05, 4.69) is 302 Å². The topological polar surface area (TPSA) is 8.17 Å². The van der Waals surface area contributed by atoms with E-state index in [1.54, 1.807) is 0 Å². The predicted octanol–water partition coefficient (Wildman–Crippen LogP) is 21.2. The summed E-state index contributed by atoms with van der Waals surface area (Å²) in [6.45, 7) is 21.3. The number of anilines is 3. The van der Waals surface area contributed by atoms with E-state index in [0.717, 1.165) is 40.3 Å². The molecular weight excluding hydrogens is 941 g/mol. The zero-order chi connectivity index (χ0) is 53.7. The van der Waals surface area contributed by atoms with Crippen molar-refractivity contribution >= 4 is 60.8 Å². The summed E-state index contributed by atoms with van der Waals surface area (Å²) in [6.07, 6.45) is 3.56. The van der Waals surface area contributed by atoms with Crippen molar-refractivity contribution in [3.63, 3.8) is 0 Å². The molecule has 2 nitrogen and oxygen atoms in total. The number of nitrogens with zero attached hydrogens (tertiary/aromatic N) is 2. The Labute approximate surface area is 461 Å². The number of hydrogen-bond acceptors (Lipinski definition) is 1. The SMILES string of the molecule is CC1CC2=C(C=C1c1ccccc1N(c1ccccc1-c1ccc3c4ccccc4n(-c4ccccc4)c3c1)c1ccccc1-c1cccc3cccc(-c4cc(C(C)(C)C)cc(C(C)(C)C)c4)c13)C(C)(C)c1ccccc12. The second kappa shape index (κ2) is 18.6. The minimum Gasteiger partial charge on any atom is -0.309 e. The molecule has 0 saturated carbocycles. The van der Waals surface area contributed by atoms with E-state index in [9.17, 15) is 0 Å². The van der Waals surface area contributed by atoms with E-state index < -0.39 is 0 Å². The van der Waals surface area contributed by atoms with Crippen molar-refractivity contribution in [2.24, 2.45) is 5.92 Å². The Balaban J connectivity index is 1.07. The van der Waals surface area contributed by atoms with Crippen LogP contribution in [0.1, 0.15) is 96.6 Å². The van der Waals surface area contributed by atoms with E-state index in [-0.39, 0.29) is 22.2 Å². The molecule has 0 aliphatic heterocycles. The first kappa shape index (κ1) is 49.1. The van der Waals surface area contributed by atoms with Gasteiger partial charge in [0.2, 0.25) is 0 Å². The molecule has 1 aromatic heterocycles. The number of para-hydroxylation sites is 5. The Hall–Kier alpha value is -8.46. The Kier molecular flexibility index (Phi) is 11.7. The zero-order valence-corrected chi connectivity index (χ0v) is 46.6. The van der Waals surface area contributed by atoms with Gasteiger partial charge in [-0.2, -0.15) is 0 Å². The van der Waals surface area contributed by atoms with Crippen LogP contribution in [-0.2, 0) is 16.2 Å². The van der Waals surface area contributed by atoms with E-state index in [0.29, 0.717) is 0 Å². The molecule has 0 saturated heterocycles. The van der Waals surface area contributed by atoms with Crippen molar-refractivity contribution in [1.29, 1.82) is 0 Å². The molecule has 382 valence electrons. The minimum absolute atomic E-state index is 0.0270. The van der Waals surface area contributed by atoms with Crippen molar-refractivity contribution in [2.75, 3.05) is 4.90 Å². The average Bonchev–Trinajstić information content (AvgIpc) is 4.11. The first-order chi connectivity index (χ1) is 37.6. The van der Waals surface area contributed by atoms with Crippen LogP contribution in [0.4, 0.5) is 17.1 Å². The summed E-state index contributed by atoms with van der Waals surface area (Å²) < 4.78 is 2.43. The third kappa shape index (κ3) is 8.15. The average molecular weight is 1010 g/mol. The first-order valence-corrected chi connectivity index (χ1v) is 28.1. The van der Waals surface area contributed by atoms with Gasteiger partial charge >= 0.3 is 0 Å². The molecule has 11 aromatic rings. The van der Waals surface area contributed by atoms with Gasteiger partial charge < -0.3 is 9.47 Å². The molecule has 0 spiro atoms. The molecule has 0 N–H and O–H groups in total. The Morgan fingerprint density at radius 1 is 0.449 bits per heavy atom. The molecule has 0 bridgehead atoms. The van der Waals surface area contributed by atoms with E-state index >= 15 is 0 Å². The van der Waals surface area contributed by atoms with E-state index in [1.165, 1.54) is 99.4 Å². The number of aromatic nitrogens is 1. The Morgan fingerprint density at radius 3 is 1.68 bits per heavy atom. The number of rotatable bonds is 8. The quantitative estimate of drug-likeness (QED) is 0.147. The highest BCUT2D eigenvalue weighted by Crippen LogP contribution is 2.56. The number of allylic oxidation sites excluding steroid dienone is 4. The fourth-order valence-electron chi connectivity index (χ4n) is 13.1. The second-order valence-electron chi connectivity index (χ2n) is 24.6. The van der Waals surface area contributed by atoms with Crippen LogP contribution in [0.25, 0.3) is 82.8 Å². The van der Waals surface area contributed by atoms with Crippen LogP contribution in [0.15, 0.2) is 236 Å². The molecule has 78 heavy (non-hydrogen) atoms. The molecule has 1 atom stereocenters. The van der Waals surface area contributed by atoms with Gasteiger partial charge in [0.1, 0.15) is 0 Å². The molecule has 0 amide bonds. The van der Waals surface area contributed by atoms with Gasteiger partial charge in [-0.25, -0.2) is 0 Å². The van der Waals surface area contributed by atoms with Gasteiger partial charge in [-0.3, -0.25) is 0 Å². The number of hydrogen-bond donors (Lipinski definition) is 0. The summed E-state index contributed by atoms with van der Waals surface area (Å²) in [6, 6.07) is 84.4. The first-order valence-electron chi connectivity index (χ1n) is 28.1. The molecular formula is C76H68N2. The van der Waals surface area contributed by atoms with E-state index in [4.69, 9.17) is 0 Å². The highest BCUT2D eigenvalue weighted by Gasteiger charge is 2.40. The van der Waals surface area contributed by atoms with Crippen molar-refractivity contribution in [3.05, 3.63) is 264 Å². The maximum Gasteiger partial charge on any atom is 0.0547 e. The van der Waals surface area contributed by atoms with Crippen molar-refractivity contribution < 1.29 is 0 Å². The lowest BCUT2D eigenvalue weighted by Gasteiger charge is -2.34. The van der Waals surface area contributed by atoms with Gasteiger partial charge in [-0.1, -0.05) is 250 Å². The third-order valence-corrected chi connectivity index (χ3v) is 17.2. The molecule has 1 heterocycles. The highest BCUT2D eigenvalue weighted by atomic mass is 15.2. The fourth-order valence-corrected chi connectivity index (χ4v) is 13.1. The van der Waals surface area contributed by atoms with Crippen LogP contribution < -0.4 is 4.90 Å². The summed E-state index contributed by atoms with van der Waals surface area (Å²) in [4.78, 5) is 2.60. The molecule has 13 rings (SSSR count). The Bertz CT molecular complexity index is 4200. The van der Waals surface area contributed by atoms with Crippen LogP contribution in [-0.4, -0.2) is 4.57 Å². The molecule has 0 fully saturated rings. The van der Waals surface area contributed by atoms with Gasteiger partial charge in [-0.05, 0) is 138 Å². The van der Waals surface area contributed by atoms with Crippen molar-refractivity contribution in [2.45, 2.75) is 85.0 Å². The molecule has 1 unspecified atom stereocenters. The van der Waals surface area contributed by atoms with Crippen molar-refractivity contribution in [3.8, 4) is 39.1 Å². The lowest BCUT2D eigenvalue weighted by Crippen LogP contribution is -2.19. The van der Waals surface area contributed by atoms with Gasteiger partial charge in [0, 0.05) is 38.6 Å². The fraction of sp³-hybridized carbons (Fsp3) is 0.184. The number of fused-ring (bicyclic) bond motifs is 6. The van der Waals surface area contributed by atoms with Gasteiger partial charge in [0.05, 0.1) is 28.1 Å². The monoisotopic (exact) mass is 1010 g/mol. The lowest BCUT2D eigenvalue weighted by molar-refractivity contribution is 0.569. The van der Waals surface area contributed by atoms with Crippen LogP contribution >= 0.6 is 0 Å². The summed E-state index contributed by atoms with van der Waals surface area (Å²) >= 11 is 0. The van der Waals surface area contributed by atoms with Crippen molar-refractivity contribution in [1.82, 2.24) is 4.57 Å². The second-order valence-corrected chi connectivity index (χ2v) is 24.6. The van der Waals surface area contributed by atoms with Gasteiger partial charge in [0.15, 0.2) is 0 Å². The third-order valence-electron chi connectivity index (χ3n) is 17.2. The zero-order valence-electron chi connectivity index (χ0n) is 46.6. The van der Waals surface area contributed by atoms with Crippen LogP contribution in [0.3, 0.4) is 0 Å². The normalized spacial score (nSPS) is 15.2. The summed E-state index contributed by atoms with van der Waals surface area (Å²) in [7, 11) is 0. The molecule has 0 radical (unpaired) electrons. The highest BCUT2D eigenvalue weighted by molar-refractivity contribution is 6.12. The Morgan fingerprint density at radius 2 is 0.987 bits per heavy atom.